The van der Waals surface area contributed by atoms with Gasteiger partial charge in [0.2, 0.25) is 0 Å². The van der Waals surface area contributed by atoms with Gasteiger partial charge in [-0.2, -0.15) is 5.26 Å². The molecule has 0 radical (unpaired) electrons. The number of benzene rings is 2. The van der Waals surface area contributed by atoms with Crippen LogP contribution in [0.3, 0.4) is 0 Å². The van der Waals surface area contributed by atoms with Gasteiger partial charge in [0.1, 0.15) is 11.0 Å². The topological polar surface area (TPSA) is 87.2 Å². The lowest BCUT2D eigenvalue weighted by Gasteiger charge is -2.22. The van der Waals surface area contributed by atoms with Crippen LogP contribution in [0.25, 0.3) is 0 Å². The Kier molecular flexibility index (Phi) is 4.07. The van der Waals surface area contributed by atoms with E-state index in [-0.39, 0.29) is 26.9 Å². The molecule has 2 aromatic carbocycles. The Hall–Kier alpha value is -2.23. The molecule has 7 heteroatoms. The van der Waals surface area contributed by atoms with Crippen LogP contribution in [0.1, 0.15) is 5.56 Å². The maximum atomic E-state index is 12.7. The molecule has 21 heavy (non-hydrogen) atoms. The molecule has 0 saturated heterocycles. The zero-order chi connectivity index (χ0) is 15.6. The van der Waals surface area contributed by atoms with E-state index in [1.807, 2.05) is 6.07 Å². The minimum Gasteiger partial charge on any atom is -0.398 e. The molecule has 0 aliphatic rings. The molecule has 2 N–H and O–H groups in total. The Morgan fingerprint density at radius 1 is 1.19 bits per heavy atom. The van der Waals surface area contributed by atoms with Gasteiger partial charge in [-0.05, 0) is 24.3 Å². The Bertz CT molecular complexity index is 808. The summed E-state index contributed by atoms with van der Waals surface area (Å²) < 4.78 is 26.4. The van der Waals surface area contributed by atoms with Gasteiger partial charge < -0.3 is 5.73 Å². The van der Waals surface area contributed by atoms with Gasteiger partial charge in [0.05, 0.1) is 22.0 Å². The minimum absolute atomic E-state index is 0.0382. The number of nitrogens with zero attached hydrogens (tertiary/aromatic N) is 2. The highest BCUT2D eigenvalue weighted by molar-refractivity contribution is 7.93. The maximum absolute atomic E-state index is 12.7. The van der Waals surface area contributed by atoms with Crippen molar-refractivity contribution in [1.82, 2.24) is 0 Å². The Morgan fingerprint density at radius 3 is 2.48 bits per heavy atom. The second-order valence-corrected chi connectivity index (χ2v) is 6.57. The molecule has 0 atom stereocenters. The van der Waals surface area contributed by atoms with E-state index in [0.29, 0.717) is 0 Å². The summed E-state index contributed by atoms with van der Waals surface area (Å²) in [7, 11) is -2.61. The van der Waals surface area contributed by atoms with Crippen molar-refractivity contribution in [3.63, 3.8) is 0 Å². The molecule has 0 unspecified atom stereocenters. The highest BCUT2D eigenvalue weighted by Crippen LogP contribution is 2.32. The molecule has 0 saturated carbocycles. The van der Waals surface area contributed by atoms with Crippen molar-refractivity contribution in [1.29, 1.82) is 5.26 Å². The Labute approximate surface area is 128 Å². The van der Waals surface area contributed by atoms with Gasteiger partial charge in [0, 0.05) is 7.05 Å². The number of nitrogens with two attached hydrogens (primary N) is 1. The summed E-state index contributed by atoms with van der Waals surface area (Å²) >= 11 is 5.97. The first kappa shape index (κ1) is 15.2. The normalized spacial score (nSPS) is 10.9. The largest absolute Gasteiger partial charge is 0.398 e. The number of hydrogen-bond donors (Lipinski definition) is 1. The third kappa shape index (κ3) is 2.66. The van der Waals surface area contributed by atoms with E-state index in [2.05, 4.69) is 0 Å². The monoisotopic (exact) mass is 321 g/mol. The maximum Gasteiger partial charge on any atom is 0.267 e. The molecule has 2 rings (SSSR count). The molecule has 0 aromatic heterocycles. The van der Waals surface area contributed by atoms with Crippen molar-refractivity contribution in [2.24, 2.45) is 0 Å². The van der Waals surface area contributed by atoms with Crippen LogP contribution in [0.15, 0.2) is 47.4 Å². The molecule has 0 bridgehead atoms. The van der Waals surface area contributed by atoms with E-state index in [1.165, 1.54) is 25.2 Å². The van der Waals surface area contributed by atoms with Crippen molar-refractivity contribution in [2.45, 2.75) is 4.90 Å². The van der Waals surface area contributed by atoms with E-state index in [0.717, 1.165) is 4.31 Å². The fourth-order valence-corrected chi connectivity index (χ4v) is 3.75. The van der Waals surface area contributed by atoms with Crippen molar-refractivity contribution in [3.05, 3.63) is 53.1 Å². The molecule has 108 valence electrons. The number of para-hydroxylation sites is 1. The number of anilines is 2. The second-order valence-electron chi connectivity index (χ2n) is 4.26. The quantitative estimate of drug-likeness (QED) is 0.880. The summed E-state index contributed by atoms with van der Waals surface area (Å²) in [5.74, 6) is 0. The average molecular weight is 322 g/mol. The molecule has 0 aliphatic heterocycles. The van der Waals surface area contributed by atoms with Gasteiger partial charge in [-0.1, -0.05) is 29.8 Å². The summed E-state index contributed by atoms with van der Waals surface area (Å²) in [6.07, 6.45) is 0. The molecule has 0 fully saturated rings. The van der Waals surface area contributed by atoms with E-state index >= 15 is 0 Å². The van der Waals surface area contributed by atoms with E-state index in [1.54, 1.807) is 24.3 Å². The van der Waals surface area contributed by atoms with Gasteiger partial charge in [0.25, 0.3) is 10.0 Å². The SMILES string of the molecule is CN(c1ccccc1C#N)S(=O)(=O)c1c(N)cccc1Cl. The number of nitrogen functional groups attached to an aromatic ring is 1. The third-order valence-corrected chi connectivity index (χ3v) is 5.30. The standard InChI is InChI=1S/C14H12ClN3O2S/c1-18(13-8-3-2-5-10(13)9-16)21(19,20)14-11(15)6-4-7-12(14)17/h2-8H,17H2,1H3. The summed E-state index contributed by atoms with van der Waals surface area (Å²) in [4.78, 5) is -0.165. The van der Waals surface area contributed by atoms with Crippen molar-refractivity contribution >= 4 is 33.0 Å². The van der Waals surface area contributed by atoms with Crippen LogP contribution in [0.2, 0.25) is 5.02 Å². The predicted octanol–water partition coefficient (Wildman–Crippen LogP) is 2.62. The van der Waals surface area contributed by atoms with Crippen molar-refractivity contribution < 1.29 is 8.42 Å². The van der Waals surface area contributed by atoms with E-state index < -0.39 is 10.0 Å². The van der Waals surface area contributed by atoms with E-state index in [9.17, 15) is 8.42 Å². The first-order valence-corrected chi connectivity index (χ1v) is 7.73. The van der Waals surface area contributed by atoms with Crippen LogP contribution in [-0.2, 0) is 10.0 Å². The van der Waals surface area contributed by atoms with Crippen LogP contribution in [0, 0.1) is 11.3 Å². The first-order valence-electron chi connectivity index (χ1n) is 5.91. The zero-order valence-electron chi connectivity index (χ0n) is 11.1. The van der Waals surface area contributed by atoms with Crippen LogP contribution >= 0.6 is 11.6 Å². The van der Waals surface area contributed by atoms with Gasteiger partial charge in [-0.3, -0.25) is 4.31 Å². The van der Waals surface area contributed by atoms with Gasteiger partial charge in [-0.15, -0.1) is 0 Å². The van der Waals surface area contributed by atoms with Crippen LogP contribution in [0.5, 0.6) is 0 Å². The highest BCUT2D eigenvalue weighted by Gasteiger charge is 2.27. The van der Waals surface area contributed by atoms with Crippen molar-refractivity contribution in [3.8, 4) is 6.07 Å². The molecule has 0 aliphatic carbocycles. The molecular weight excluding hydrogens is 310 g/mol. The summed E-state index contributed by atoms with van der Waals surface area (Å²) in [5, 5.41) is 9.13. The molecule has 0 spiro atoms. The number of sulfonamides is 1. The number of nitriles is 1. The molecule has 0 amide bonds. The molecule has 5 nitrogen and oxygen atoms in total. The molecule has 0 heterocycles. The average Bonchev–Trinajstić information content (AvgIpc) is 2.46. The fourth-order valence-electron chi connectivity index (χ4n) is 1.91. The summed E-state index contributed by atoms with van der Waals surface area (Å²) in [5.41, 5.74) is 6.31. The summed E-state index contributed by atoms with van der Waals surface area (Å²) in [6.45, 7) is 0. The van der Waals surface area contributed by atoms with Crippen molar-refractivity contribution in [2.75, 3.05) is 17.1 Å². The Balaban J connectivity index is 2.62. The number of halogens is 1. The number of rotatable bonds is 3. The fraction of sp³-hybridized carbons (Fsp3) is 0.0714. The predicted molar refractivity (Wildman–Crippen MR) is 82.6 cm³/mol. The smallest absolute Gasteiger partial charge is 0.267 e. The lowest BCUT2D eigenvalue weighted by Crippen LogP contribution is -2.28. The van der Waals surface area contributed by atoms with E-state index in [4.69, 9.17) is 22.6 Å². The first-order chi connectivity index (χ1) is 9.89. The molecular formula is C14H12ClN3O2S. The van der Waals surface area contributed by atoms with Crippen LogP contribution in [-0.4, -0.2) is 15.5 Å². The highest BCUT2D eigenvalue weighted by atomic mass is 35.5. The van der Waals surface area contributed by atoms with Gasteiger partial charge >= 0.3 is 0 Å². The third-order valence-electron chi connectivity index (χ3n) is 2.98. The lowest BCUT2D eigenvalue weighted by molar-refractivity contribution is 0.595. The van der Waals surface area contributed by atoms with Crippen LogP contribution in [0.4, 0.5) is 11.4 Å². The molecule has 2 aromatic rings. The number of hydrogen-bond acceptors (Lipinski definition) is 4. The Morgan fingerprint density at radius 2 is 1.86 bits per heavy atom. The summed E-state index contributed by atoms with van der Waals surface area (Å²) in [6, 6.07) is 12.8. The minimum atomic E-state index is -3.96. The van der Waals surface area contributed by atoms with Crippen LogP contribution < -0.4 is 10.0 Å². The van der Waals surface area contributed by atoms with Gasteiger partial charge in [-0.25, -0.2) is 8.42 Å². The lowest BCUT2D eigenvalue weighted by atomic mass is 10.2. The second kappa shape index (κ2) is 5.64. The van der Waals surface area contributed by atoms with Gasteiger partial charge in [0.15, 0.2) is 0 Å². The zero-order valence-corrected chi connectivity index (χ0v) is 12.7.